The molecule has 3 rings (SSSR count). The standard InChI is InChI=1S/C15H13BrClN3/c1-10(17)15-19-13-8-12(16)2-3-14(13)20(15)9-11-4-6-18-7-5-11/h2-8,10H,9H2,1H3. The number of alkyl halides is 1. The molecule has 0 fully saturated rings. The Morgan fingerprint density at radius 2 is 2.00 bits per heavy atom. The van der Waals surface area contributed by atoms with Gasteiger partial charge in [-0.2, -0.15) is 0 Å². The van der Waals surface area contributed by atoms with E-state index in [9.17, 15) is 0 Å². The molecule has 0 saturated heterocycles. The molecule has 0 radical (unpaired) electrons. The monoisotopic (exact) mass is 349 g/mol. The van der Waals surface area contributed by atoms with Gasteiger partial charge >= 0.3 is 0 Å². The minimum absolute atomic E-state index is 0.136. The summed E-state index contributed by atoms with van der Waals surface area (Å²) in [5, 5.41) is -0.136. The number of hydrogen-bond acceptors (Lipinski definition) is 2. The van der Waals surface area contributed by atoms with E-state index in [4.69, 9.17) is 11.6 Å². The lowest BCUT2D eigenvalue weighted by Crippen LogP contribution is -2.05. The Balaban J connectivity index is 2.14. The summed E-state index contributed by atoms with van der Waals surface area (Å²) in [6.07, 6.45) is 3.60. The smallest absolute Gasteiger partial charge is 0.128 e. The lowest BCUT2D eigenvalue weighted by molar-refractivity contribution is 0.742. The van der Waals surface area contributed by atoms with Crippen molar-refractivity contribution in [1.82, 2.24) is 14.5 Å². The minimum atomic E-state index is -0.136. The van der Waals surface area contributed by atoms with Gasteiger partial charge in [-0.15, -0.1) is 11.6 Å². The normalized spacial score (nSPS) is 12.8. The van der Waals surface area contributed by atoms with Crippen molar-refractivity contribution in [3.63, 3.8) is 0 Å². The fraction of sp³-hybridized carbons (Fsp3) is 0.200. The van der Waals surface area contributed by atoms with Crippen LogP contribution in [0.25, 0.3) is 11.0 Å². The highest BCUT2D eigenvalue weighted by Gasteiger charge is 2.15. The number of halogens is 2. The maximum atomic E-state index is 6.28. The highest BCUT2D eigenvalue weighted by atomic mass is 79.9. The molecule has 0 aliphatic heterocycles. The number of aromatic nitrogens is 3. The Kier molecular flexibility index (Phi) is 3.76. The van der Waals surface area contributed by atoms with Gasteiger partial charge in [0.2, 0.25) is 0 Å². The fourth-order valence-corrected chi connectivity index (χ4v) is 2.78. The molecule has 1 aromatic carbocycles. The van der Waals surface area contributed by atoms with Crippen molar-refractivity contribution in [3.05, 3.63) is 58.6 Å². The SMILES string of the molecule is CC(Cl)c1nc2cc(Br)ccc2n1Cc1ccncc1. The molecule has 0 aliphatic carbocycles. The highest BCUT2D eigenvalue weighted by Crippen LogP contribution is 2.27. The van der Waals surface area contributed by atoms with Crippen LogP contribution in [0.2, 0.25) is 0 Å². The van der Waals surface area contributed by atoms with E-state index >= 15 is 0 Å². The zero-order valence-electron chi connectivity index (χ0n) is 10.9. The fourth-order valence-electron chi connectivity index (χ4n) is 2.26. The molecule has 0 N–H and O–H groups in total. The van der Waals surface area contributed by atoms with E-state index in [1.807, 2.05) is 31.2 Å². The van der Waals surface area contributed by atoms with Gasteiger partial charge in [0.25, 0.3) is 0 Å². The molecule has 0 bridgehead atoms. The van der Waals surface area contributed by atoms with Crippen molar-refractivity contribution < 1.29 is 0 Å². The maximum absolute atomic E-state index is 6.28. The lowest BCUT2D eigenvalue weighted by atomic mass is 10.2. The topological polar surface area (TPSA) is 30.7 Å². The zero-order valence-corrected chi connectivity index (χ0v) is 13.3. The largest absolute Gasteiger partial charge is 0.322 e. The summed E-state index contributed by atoms with van der Waals surface area (Å²) < 4.78 is 3.18. The highest BCUT2D eigenvalue weighted by molar-refractivity contribution is 9.10. The van der Waals surface area contributed by atoms with E-state index < -0.39 is 0 Å². The summed E-state index contributed by atoms with van der Waals surface area (Å²) >= 11 is 9.76. The van der Waals surface area contributed by atoms with Gasteiger partial charge in [-0.3, -0.25) is 4.98 Å². The number of hydrogen-bond donors (Lipinski definition) is 0. The summed E-state index contributed by atoms with van der Waals surface area (Å²) in [7, 11) is 0. The molecular formula is C15H13BrClN3. The second kappa shape index (κ2) is 5.54. The first-order valence-electron chi connectivity index (χ1n) is 6.34. The lowest BCUT2D eigenvalue weighted by Gasteiger charge is -2.10. The van der Waals surface area contributed by atoms with E-state index in [2.05, 4.69) is 36.5 Å². The maximum Gasteiger partial charge on any atom is 0.128 e. The van der Waals surface area contributed by atoms with Crippen LogP contribution in [0.1, 0.15) is 23.7 Å². The van der Waals surface area contributed by atoms with Gasteiger partial charge < -0.3 is 4.57 Å². The van der Waals surface area contributed by atoms with Crippen LogP contribution in [0.3, 0.4) is 0 Å². The Morgan fingerprint density at radius 1 is 1.25 bits per heavy atom. The van der Waals surface area contributed by atoms with Gasteiger partial charge in [0, 0.05) is 23.4 Å². The molecule has 0 saturated carbocycles. The predicted octanol–water partition coefficient (Wildman–Crippen LogP) is 4.54. The first kappa shape index (κ1) is 13.6. The Hall–Kier alpha value is -1.39. The number of rotatable bonds is 3. The molecule has 5 heteroatoms. The minimum Gasteiger partial charge on any atom is -0.322 e. The third kappa shape index (κ3) is 2.58. The van der Waals surface area contributed by atoms with Gasteiger partial charge in [0.05, 0.1) is 16.4 Å². The third-order valence-electron chi connectivity index (χ3n) is 3.19. The summed E-state index contributed by atoms with van der Waals surface area (Å²) in [5.41, 5.74) is 3.23. The Morgan fingerprint density at radius 3 is 2.70 bits per heavy atom. The number of nitrogens with zero attached hydrogens (tertiary/aromatic N) is 3. The van der Waals surface area contributed by atoms with Gasteiger partial charge in [0.1, 0.15) is 5.82 Å². The average Bonchev–Trinajstić information content (AvgIpc) is 2.78. The van der Waals surface area contributed by atoms with Crippen LogP contribution in [0, 0.1) is 0 Å². The van der Waals surface area contributed by atoms with Crippen molar-refractivity contribution >= 4 is 38.6 Å². The first-order chi connectivity index (χ1) is 9.65. The van der Waals surface area contributed by atoms with Crippen LogP contribution in [0.15, 0.2) is 47.2 Å². The molecule has 20 heavy (non-hydrogen) atoms. The summed E-state index contributed by atoms with van der Waals surface area (Å²) in [4.78, 5) is 8.70. The van der Waals surface area contributed by atoms with E-state index in [0.29, 0.717) is 0 Å². The summed E-state index contributed by atoms with van der Waals surface area (Å²) in [5.74, 6) is 0.886. The van der Waals surface area contributed by atoms with Crippen molar-refractivity contribution in [3.8, 4) is 0 Å². The molecule has 1 unspecified atom stereocenters. The second-order valence-electron chi connectivity index (χ2n) is 4.66. The second-order valence-corrected chi connectivity index (χ2v) is 6.23. The van der Waals surface area contributed by atoms with Crippen molar-refractivity contribution in [1.29, 1.82) is 0 Å². The van der Waals surface area contributed by atoms with Crippen molar-refractivity contribution in [2.24, 2.45) is 0 Å². The van der Waals surface area contributed by atoms with Crippen LogP contribution >= 0.6 is 27.5 Å². The van der Waals surface area contributed by atoms with Crippen LogP contribution < -0.4 is 0 Å². The van der Waals surface area contributed by atoms with Crippen LogP contribution in [0.4, 0.5) is 0 Å². The van der Waals surface area contributed by atoms with Gasteiger partial charge in [-0.1, -0.05) is 15.9 Å². The Bertz CT molecular complexity index is 737. The number of benzene rings is 1. The van der Waals surface area contributed by atoms with Crippen molar-refractivity contribution in [2.45, 2.75) is 18.8 Å². The molecule has 0 amide bonds. The van der Waals surface area contributed by atoms with E-state index in [1.54, 1.807) is 12.4 Å². The number of imidazole rings is 1. The number of pyridine rings is 1. The quantitative estimate of drug-likeness (QED) is 0.649. The first-order valence-corrected chi connectivity index (χ1v) is 7.57. The molecule has 102 valence electrons. The molecular weight excluding hydrogens is 338 g/mol. The molecule has 3 nitrogen and oxygen atoms in total. The van der Waals surface area contributed by atoms with Gasteiger partial charge in [0.15, 0.2) is 0 Å². The zero-order chi connectivity index (χ0) is 14.1. The van der Waals surface area contributed by atoms with Crippen molar-refractivity contribution in [2.75, 3.05) is 0 Å². The predicted molar refractivity (Wildman–Crippen MR) is 85.0 cm³/mol. The molecule has 0 aliphatic rings. The van der Waals surface area contributed by atoms with E-state index in [-0.39, 0.29) is 5.38 Å². The third-order valence-corrected chi connectivity index (χ3v) is 3.87. The summed E-state index contributed by atoms with van der Waals surface area (Å²) in [6, 6.07) is 10.1. The van der Waals surface area contributed by atoms with Crippen LogP contribution in [-0.4, -0.2) is 14.5 Å². The molecule has 2 heterocycles. The average molecular weight is 351 g/mol. The van der Waals surface area contributed by atoms with Gasteiger partial charge in [-0.25, -0.2) is 4.98 Å². The van der Waals surface area contributed by atoms with E-state index in [1.165, 1.54) is 5.56 Å². The molecule has 1 atom stereocenters. The number of fused-ring (bicyclic) bond motifs is 1. The van der Waals surface area contributed by atoms with Crippen LogP contribution in [0.5, 0.6) is 0 Å². The molecule has 0 spiro atoms. The van der Waals surface area contributed by atoms with Crippen LogP contribution in [-0.2, 0) is 6.54 Å². The van der Waals surface area contributed by atoms with E-state index in [0.717, 1.165) is 27.9 Å². The van der Waals surface area contributed by atoms with Gasteiger partial charge in [-0.05, 0) is 42.8 Å². The molecule has 2 aromatic heterocycles. The summed E-state index contributed by atoms with van der Waals surface area (Å²) in [6.45, 7) is 2.69. The Labute approximate surface area is 130 Å². The molecule has 3 aromatic rings.